The number of anilines is 5. The molecule has 5 heterocycles. The second kappa shape index (κ2) is 14.6. The van der Waals surface area contributed by atoms with Gasteiger partial charge in [0.15, 0.2) is 0 Å². The van der Waals surface area contributed by atoms with E-state index in [4.69, 9.17) is 18.9 Å². The SMILES string of the molecule is COC(=O)c1cc(Nc2c(N(c3ccc(OC)cc3)S(=O)[O-])cnc3cc(-c4cncc5c4OCC5)cc(F)c23)cc(N2CCN(C3COC3)CC2)c1. The van der Waals surface area contributed by atoms with Crippen molar-refractivity contribution in [2.75, 3.05) is 74.7 Å². The lowest BCUT2D eigenvalue weighted by molar-refractivity contribution is -0.0660. The Hall–Kier alpha value is -5.35. The van der Waals surface area contributed by atoms with E-state index in [-0.39, 0.29) is 33.5 Å². The van der Waals surface area contributed by atoms with Crippen LogP contribution in [0.4, 0.5) is 32.8 Å². The first-order valence-electron chi connectivity index (χ1n) is 17.1. The normalized spacial score (nSPS) is 16.4. The fourth-order valence-corrected chi connectivity index (χ4v) is 7.65. The third-order valence-corrected chi connectivity index (χ3v) is 10.6. The zero-order chi connectivity index (χ0) is 36.6. The van der Waals surface area contributed by atoms with E-state index < -0.39 is 23.1 Å². The summed E-state index contributed by atoms with van der Waals surface area (Å²) < 4.78 is 65.5. The molecule has 1 N–H and O–H groups in total. The summed E-state index contributed by atoms with van der Waals surface area (Å²) in [5, 5.41) is 3.35. The van der Waals surface area contributed by atoms with Crippen LogP contribution in [0.15, 0.2) is 73.2 Å². The van der Waals surface area contributed by atoms with Gasteiger partial charge in [-0.1, -0.05) is 0 Å². The monoisotopic (exact) mass is 739 g/mol. The van der Waals surface area contributed by atoms with Crippen LogP contribution in [0.2, 0.25) is 0 Å². The molecule has 15 heteroatoms. The fourth-order valence-electron chi connectivity index (χ4n) is 7.06. The minimum absolute atomic E-state index is 0.0398. The smallest absolute Gasteiger partial charge is 0.337 e. The number of halogens is 1. The van der Waals surface area contributed by atoms with Crippen molar-refractivity contribution < 1.29 is 36.9 Å². The number of rotatable bonds is 10. The zero-order valence-corrected chi connectivity index (χ0v) is 29.9. The third kappa shape index (κ3) is 6.72. The van der Waals surface area contributed by atoms with Crippen molar-refractivity contribution in [2.45, 2.75) is 12.5 Å². The van der Waals surface area contributed by atoms with Crippen molar-refractivity contribution in [3.63, 3.8) is 0 Å². The molecule has 1 unspecified atom stereocenters. The largest absolute Gasteiger partial charge is 0.755 e. The van der Waals surface area contributed by atoms with Gasteiger partial charge in [-0.05, 0) is 60.2 Å². The van der Waals surface area contributed by atoms with Crippen molar-refractivity contribution in [3.8, 4) is 22.6 Å². The van der Waals surface area contributed by atoms with Crippen molar-refractivity contribution in [1.29, 1.82) is 0 Å². The standard InChI is InChI=1S/C38H37FN6O7S/c1-49-30-5-3-27(4-6-30)45(53(47)48)34-20-41-33-16-24(31-19-40-18-23-7-12-52-37(23)31)15-32(39)35(33)36(34)42-26-13-25(38(46)50-2)14-28(17-26)43-8-10-44(11-9-43)29-21-51-22-29/h3-6,13-20,29H,7-12,21-22H2,1-2H3,(H,41,42)(H,47,48)/p-1. The van der Waals surface area contributed by atoms with E-state index in [2.05, 4.69) is 25.1 Å². The number of piperazine rings is 1. The number of nitrogens with one attached hydrogen (secondary N) is 1. The Kier molecular flexibility index (Phi) is 9.55. The molecule has 53 heavy (non-hydrogen) atoms. The zero-order valence-electron chi connectivity index (χ0n) is 29.0. The average molecular weight is 740 g/mol. The summed E-state index contributed by atoms with van der Waals surface area (Å²) in [5.41, 5.74) is 4.21. The number of benzene rings is 3. The highest BCUT2D eigenvalue weighted by atomic mass is 32.2. The molecule has 3 aromatic carbocycles. The molecule has 3 aliphatic rings. The van der Waals surface area contributed by atoms with E-state index in [0.29, 0.717) is 60.5 Å². The predicted octanol–water partition coefficient (Wildman–Crippen LogP) is 5.36. The first-order chi connectivity index (χ1) is 25.8. The number of aromatic nitrogens is 2. The molecule has 0 amide bonds. The van der Waals surface area contributed by atoms with Crippen molar-refractivity contribution >= 4 is 56.6 Å². The number of hydrogen-bond acceptors (Lipinski definition) is 12. The molecule has 0 aliphatic carbocycles. The van der Waals surface area contributed by atoms with Gasteiger partial charge in [0.1, 0.15) is 17.3 Å². The number of hydrogen-bond donors (Lipinski definition) is 1. The first kappa shape index (κ1) is 34.7. The van der Waals surface area contributed by atoms with Gasteiger partial charge in [-0.25, -0.2) is 9.18 Å². The van der Waals surface area contributed by atoms with Crippen molar-refractivity contribution in [1.82, 2.24) is 14.9 Å². The van der Waals surface area contributed by atoms with Gasteiger partial charge in [0.05, 0.1) is 91.1 Å². The number of fused-ring (bicyclic) bond motifs is 2. The number of nitrogens with zero attached hydrogens (tertiary/aromatic N) is 5. The summed E-state index contributed by atoms with van der Waals surface area (Å²) >= 11 is -2.87. The minimum Gasteiger partial charge on any atom is -0.755 e. The first-order valence-corrected chi connectivity index (χ1v) is 18.2. The molecular weight excluding hydrogens is 704 g/mol. The van der Waals surface area contributed by atoms with Crippen LogP contribution in [0.25, 0.3) is 22.0 Å². The Morgan fingerprint density at radius 2 is 1.83 bits per heavy atom. The van der Waals surface area contributed by atoms with Crippen LogP contribution < -0.4 is 24.0 Å². The Balaban J connectivity index is 1.26. The second-order valence-corrected chi connectivity index (χ2v) is 13.8. The molecule has 2 fully saturated rings. The molecule has 0 bridgehead atoms. The number of carbonyl (C=O) groups excluding carboxylic acids is 1. The van der Waals surface area contributed by atoms with Crippen LogP contribution in [-0.2, 0) is 27.2 Å². The highest BCUT2D eigenvalue weighted by Crippen LogP contribution is 2.44. The third-order valence-electron chi connectivity index (χ3n) is 9.90. The molecule has 13 nitrogen and oxygen atoms in total. The van der Waals surface area contributed by atoms with Gasteiger partial charge in [0.25, 0.3) is 0 Å². The number of ether oxygens (including phenoxy) is 4. The van der Waals surface area contributed by atoms with Gasteiger partial charge in [0, 0.05) is 67.5 Å². The van der Waals surface area contributed by atoms with Crippen LogP contribution in [0, 0.1) is 5.82 Å². The molecular formula is C38H36FN6O7S-. The molecule has 0 radical (unpaired) electrons. The number of carbonyl (C=O) groups is 1. The van der Waals surface area contributed by atoms with Crippen molar-refractivity contribution in [2.24, 2.45) is 0 Å². The van der Waals surface area contributed by atoms with Gasteiger partial charge in [-0.15, -0.1) is 0 Å². The summed E-state index contributed by atoms with van der Waals surface area (Å²) in [5.74, 6) is -0.0340. The average Bonchev–Trinajstić information content (AvgIpc) is 3.64. The van der Waals surface area contributed by atoms with Crippen LogP contribution >= 0.6 is 0 Å². The highest BCUT2D eigenvalue weighted by molar-refractivity contribution is 7.81. The summed E-state index contributed by atoms with van der Waals surface area (Å²) in [4.78, 5) is 26.5. The maximum absolute atomic E-state index is 16.7. The Bertz CT molecular complexity index is 2210. The molecule has 0 spiro atoms. The quantitative estimate of drug-likeness (QED) is 0.146. The van der Waals surface area contributed by atoms with Gasteiger partial charge < -0.3 is 33.7 Å². The Labute approximate surface area is 307 Å². The lowest BCUT2D eigenvalue weighted by atomic mass is 10.0. The molecule has 2 saturated heterocycles. The molecule has 274 valence electrons. The summed E-state index contributed by atoms with van der Waals surface area (Å²) in [7, 11) is 2.82. The molecule has 0 saturated carbocycles. The van der Waals surface area contributed by atoms with Gasteiger partial charge >= 0.3 is 5.97 Å². The van der Waals surface area contributed by atoms with E-state index in [1.807, 2.05) is 6.07 Å². The fraction of sp³-hybridized carbons (Fsp3) is 0.289. The lowest BCUT2D eigenvalue weighted by Gasteiger charge is -2.43. The summed E-state index contributed by atoms with van der Waals surface area (Å²) in [6, 6.07) is 15.1. The highest BCUT2D eigenvalue weighted by Gasteiger charge is 2.30. The number of pyridine rings is 2. The van der Waals surface area contributed by atoms with E-state index in [1.54, 1.807) is 54.9 Å². The van der Waals surface area contributed by atoms with E-state index in [0.717, 1.165) is 41.9 Å². The topological polar surface area (TPSA) is 142 Å². The number of esters is 1. The molecule has 8 rings (SSSR count). The van der Waals surface area contributed by atoms with Crippen LogP contribution in [0.5, 0.6) is 11.5 Å². The van der Waals surface area contributed by atoms with E-state index >= 15 is 4.39 Å². The van der Waals surface area contributed by atoms with Gasteiger partial charge in [0.2, 0.25) is 0 Å². The molecule has 1 atom stereocenters. The van der Waals surface area contributed by atoms with Crippen molar-refractivity contribution in [3.05, 3.63) is 90.1 Å². The number of methoxy groups -OCH3 is 2. The lowest BCUT2D eigenvalue weighted by Crippen LogP contribution is -2.56. The maximum atomic E-state index is 16.7. The second-order valence-electron chi connectivity index (χ2n) is 13.0. The Morgan fingerprint density at radius 3 is 2.53 bits per heavy atom. The Morgan fingerprint density at radius 1 is 1.04 bits per heavy atom. The minimum atomic E-state index is -2.87. The van der Waals surface area contributed by atoms with Gasteiger partial charge in [-0.3, -0.25) is 23.4 Å². The predicted molar refractivity (Wildman–Crippen MR) is 198 cm³/mol. The van der Waals surface area contributed by atoms with E-state index in [9.17, 15) is 13.6 Å². The van der Waals surface area contributed by atoms with Crippen LogP contribution in [0.1, 0.15) is 15.9 Å². The maximum Gasteiger partial charge on any atom is 0.337 e. The molecule has 5 aromatic rings. The van der Waals surface area contributed by atoms with Crippen LogP contribution in [-0.4, -0.2) is 95.9 Å². The van der Waals surface area contributed by atoms with Gasteiger partial charge in [-0.2, -0.15) is 0 Å². The van der Waals surface area contributed by atoms with Crippen LogP contribution in [0.3, 0.4) is 0 Å². The summed E-state index contributed by atoms with van der Waals surface area (Å²) in [6.07, 6.45) is 5.45. The summed E-state index contributed by atoms with van der Waals surface area (Å²) in [6.45, 7) is 5.03. The molecule has 2 aromatic heterocycles. The van der Waals surface area contributed by atoms with E-state index in [1.165, 1.54) is 26.5 Å². The molecule has 3 aliphatic heterocycles.